The molecule has 0 radical (unpaired) electrons. The van der Waals surface area contributed by atoms with E-state index in [1.165, 1.54) is 5.56 Å². The van der Waals surface area contributed by atoms with Crippen molar-refractivity contribution < 1.29 is 4.74 Å². The number of para-hydroxylation sites is 1. The zero-order valence-electron chi connectivity index (χ0n) is 14.2. The Balaban J connectivity index is 1.70. The maximum Gasteiger partial charge on any atom is 0.118 e. The topological polar surface area (TPSA) is 21.3 Å². The van der Waals surface area contributed by atoms with E-state index in [0.717, 1.165) is 22.6 Å². The summed E-state index contributed by atoms with van der Waals surface area (Å²) in [4.78, 5) is 0. The molecule has 3 aromatic rings. The van der Waals surface area contributed by atoms with E-state index in [2.05, 4.69) is 41.7 Å². The van der Waals surface area contributed by atoms with Crippen LogP contribution in [0.4, 0.5) is 5.69 Å². The van der Waals surface area contributed by atoms with Gasteiger partial charge in [-0.05, 0) is 41.0 Å². The molecule has 0 heterocycles. The van der Waals surface area contributed by atoms with Crippen LogP contribution < -0.4 is 10.1 Å². The number of benzene rings is 3. The second-order valence-electron chi connectivity index (χ2n) is 5.58. The van der Waals surface area contributed by atoms with Crippen molar-refractivity contribution in [2.24, 2.45) is 0 Å². The van der Waals surface area contributed by atoms with Crippen LogP contribution in [0, 0.1) is 0 Å². The lowest BCUT2D eigenvalue weighted by atomic mass is 10.1. The van der Waals surface area contributed by atoms with Crippen molar-refractivity contribution in [1.29, 1.82) is 0 Å². The minimum Gasteiger partial charge on any atom is -0.497 e. The second-order valence-corrected chi connectivity index (χ2v) is 5.58. The van der Waals surface area contributed by atoms with E-state index in [0.29, 0.717) is 0 Å². The van der Waals surface area contributed by atoms with Gasteiger partial charge in [-0.15, -0.1) is 0 Å². The SMILES string of the molecule is COc1ccc(C=CNc2ccccc2C=Cc2ccccc2)cc1. The van der Waals surface area contributed by atoms with Gasteiger partial charge in [0.05, 0.1) is 7.11 Å². The van der Waals surface area contributed by atoms with Crippen molar-refractivity contribution in [3.63, 3.8) is 0 Å². The van der Waals surface area contributed by atoms with Crippen LogP contribution in [0.1, 0.15) is 16.7 Å². The average molecular weight is 327 g/mol. The minimum atomic E-state index is 0.863. The molecule has 0 atom stereocenters. The third-order valence-electron chi connectivity index (χ3n) is 3.85. The van der Waals surface area contributed by atoms with Crippen LogP contribution in [0.2, 0.25) is 0 Å². The molecular weight excluding hydrogens is 306 g/mol. The predicted octanol–water partition coefficient (Wildman–Crippen LogP) is 5.95. The summed E-state index contributed by atoms with van der Waals surface area (Å²) in [5.74, 6) is 0.863. The lowest BCUT2D eigenvalue weighted by Gasteiger charge is -2.06. The quantitative estimate of drug-likeness (QED) is 0.565. The second kappa shape index (κ2) is 8.55. The molecule has 0 saturated carbocycles. The molecule has 1 N–H and O–H groups in total. The Hall–Kier alpha value is -3.26. The summed E-state index contributed by atoms with van der Waals surface area (Å²) in [6, 6.07) is 26.5. The summed E-state index contributed by atoms with van der Waals surface area (Å²) in [6.07, 6.45) is 8.24. The highest BCUT2D eigenvalue weighted by Crippen LogP contribution is 2.19. The third kappa shape index (κ3) is 4.85. The molecule has 2 heteroatoms. The van der Waals surface area contributed by atoms with E-state index in [1.807, 2.05) is 66.9 Å². The molecule has 0 fully saturated rings. The third-order valence-corrected chi connectivity index (χ3v) is 3.85. The molecule has 0 aliphatic carbocycles. The number of anilines is 1. The summed E-state index contributed by atoms with van der Waals surface area (Å²) in [5, 5.41) is 3.36. The van der Waals surface area contributed by atoms with E-state index in [9.17, 15) is 0 Å². The van der Waals surface area contributed by atoms with Crippen LogP contribution in [-0.4, -0.2) is 7.11 Å². The van der Waals surface area contributed by atoms with E-state index in [1.54, 1.807) is 7.11 Å². The Morgan fingerprint density at radius 3 is 2.12 bits per heavy atom. The highest BCUT2D eigenvalue weighted by atomic mass is 16.5. The van der Waals surface area contributed by atoms with Gasteiger partial charge in [0.2, 0.25) is 0 Å². The molecule has 0 amide bonds. The molecule has 0 aliphatic rings. The molecule has 124 valence electrons. The summed E-state index contributed by atoms with van der Waals surface area (Å²) in [6.45, 7) is 0. The molecule has 3 aromatic carbocycles. The fourth-order valence-corrected chi connectivity index (χ4v) is 2.47. The summed E-state index contributed by atoms with van der Waals surface area (Å²) < 4.78 is 5.17. The van der Waals surface area contributed by atoms with Crippen LogP contribution in [-0.2, 0) is 0 Å². The van der Waals surface area contributed by atoms with E-state index in [-0.39, 0.29) is 0 Å². The van der Waals surface area contributed by atoms with Crippen LogP contribution in [0.15, 0.2) is 85.1 Å². The fraction of sp³-hybridized carbons (Fsp3) is 0.0435. The van der Waals surface area contributed by atoms with Crippen molar-refractivity contribution in [1.82, 2.24) is 0 Å². The number of ether oxygens (including phenoxy) is 1. The van der Waals surface area contributed by atoms with Gasteiger partial charge in [-0.2, -0.15) is 0 Å². The first-order chi connectivity index (χ1) is 12.3. The van der Waals surface area contributed by atoms with Crippen LogP contribution in [0.3, 0.4) is 0 Å². The Kier molecular flexibility index (Phi) is 5.68. The van der Waals surface area contributed by atoms with Gasteiger partial charge in [0.15, 0.2) is 0 Å². The first kappa shape index (κ1) is 16.6. The van der Waals surface area contributed by atoms with E-state index < -0.39 is 0 Å². The number of hydrogen-bond donors (Lipinski definition) is 1. The molecule has 0 aromatic heterocycles. The Morgan fingerprint density at radius 1 is 0.680 bits per heavy atom. The maximum absolute atomic E-state index is 5.17. The van der Waals surface area contributed by atoms with E-state index in [4.69, 9.17) is 4.74 Å². The lowest BCUT2D eigenvalue weighted by Crippen LogP contribution is -1.90. The molecule has 0 unspecified atom stereocenters. The molecule has 3 rings (SSSR count). The van der Waals surface area contributed by atoms with Crippen LogP contribution >= 0.6 is 0 Å². The van der Waals surface area contributed by atoms with E-state index >= 15 is 0 Å². The predicted molar refractivity (Wildman–Crippen MR) is 107 cm³/mol. The zero-order chi connectivity index (χ0) is 17.3. The van der Waals surface area contributed by atoms with Gasteiger partial charge in [0.1, 0.15) is 5.75 Å². The highest BCUT2D eigenvalue weighted by Gasteiger charge is 1.96. The molecule has 0 aliphatic heterocycles. The standard InChI is InChI=1S/C23H21NO/c1-25-22-15-12-20(13-16-22)17-18-24-23-10-6-5-9-21(23)14-11-19-7-3-2-4-8-19/h2-18,24H,1H3. The Labute approximate surface area is 149 Å². The first-order valence-electron chi connectivity index (χ1n) is 8.24. The van der Waals surface area contributed by atoms with Crippen molar-refractivity contribution in [3.05, 3.63) is 102 Å². The van der Waals surface area contributed by atoms with Gasteiger partial charge in [0.25, 0.3) is 0 Å². The van der Waals surface area contributed by atoms with Gasteiger partial charge < -0.3 is 10.1 Å². The highest BCUT2D eigenvalue weighted by molar-refractivity contribution is 5.77. The summed E-state index contributed by atoms with van der Waals surface area (Å²) >= 11 is 0. The number of methoxy groups -OCH3 is 1. The number of nitrogens with one attached hydrogen (secondary N) is 1. The fourth-order valence-electron chi connectivity index (χ4n) is 2.47. The van der Waals surface area contributed by atoms with Crippen molar-refractivity contribution >= 4 is 23.9 Å². The van der Waals surface area contributed by atoms with Gasteiger partial charge in [-0.1, -0.05) is 72.8 Å². The summed E-state index contributed by atoms with van der Waals surface area (Å²) in [5.41, 5.74) is 4.52. The van der Waals surface area contributed by atoms with Crippen molar-refractivity contribution in [2.75, 3.05) is 12.4 Å². The van der Waals surface area contributed by atoms with Gasteiger partial charge in [-0.3, -0.25) is 0 Å². The number of rotatable bonds is 6. The Morgan fingerprint density at radius 2 is 1.36 bits per heavy atom. The lowest BCUT2D eigenvalue weighted by molar-refractivity contribution is 0.415. The number of hydrogen-bond acceptors (Lipinski definition) is 2. The monoisotopic (exact) mass is 327 g/mol. The van der Waals surface area contributed by atoms with Crippen LogP contribution in [0.25, 0.3) is 18.2 Å². The first-order valence-corrected chi connectivity index (χ1v) is 8.24. The van der Waals surface area contributed by atoms with Gasteiger partial charge in [-0.25, -0.2) is 0 Å². The average Bonchev–Trinajstić information content (AvgIpc) is 2.68. The van der Waals surface area contributed by atoms with Crippen molar-refractivity contribution in [3.8, 4) is 5.75 Å². The molecule has 0 spiro atoms. The minimum absolute atomic E-state index is 0.863. The zero-order valence-corrected chi connectivity index (χ0v) is 14.2. The smallest absolute Gasteiger partial charge is 0.118 e. The van der Waals surface area contributed by atoms with Gasteiger partial charge >= 0.3 is 0 Å². The molecule has 2 nitrogen and oxygen atoms in total. The van der Waals surface area contributed by atoms with Gasteiger partial charge in [0, 0.05) is 11.9 Å². The Bertz CT molecular complexity index is 849. The van der Waals surface area contributed by atoms with Crippen molar-refractivity contribution in [2.45, 2.75) is 0 Å². The summed E-state index contributed by atoms with van der Waals surface area (Å²) in [7, 11) is 1.67. The normalized spacial score (nSPS) is 11.1. The molecular formula is C23H21NO. The molecule has 0 saturated heterocycles. The molecule has 0 bridgehead atoms. The van der Waals surface area contributed by atoms with Crippen LogP contribution in [0.5, 0.6) is 5.75 Å². The molecule has 25 heavy (non-hydrogen) atoms. The largest absolute Gasteiger partial charge is 0.497 e. The maximum atomic E-state index is 5.17.